The topological polar surface area (TPSA) is 680 Å². The lowest BCUT2D eigenvalue weighted by Crippen LogP contribution is -2.61. The van der Waals surface area contributed by atoms with Crippen molar-refractivity contribution in [2.45, 2.75) is 204 Å². The number of hydrogen-bond acceptors (Lipinski definition) is 24. The van der Waals surface area contributed by atoms with Crippen LogP contribution in [0, 0.1) is 23.2 Å². The molecule has 1 aromatic heterocycles. The number of carboxylic acid groups (broad SMARTS) is 1. The molecule has 0 aliphatic carbocycles. The number of nitrogens with two attached hydrogens (primary N) is 2. The molecule has 0 unspecified atom stereocenters. The van der Waals surface area contributed by atoms with Gasteiger partial charge in [-0.05, 0) is 133 Å². The summed E-state index contributed by atoms with van der Waals surface area (Å²) in [6.45, 7) is 7.50. The van der Waals surface area contributed by atoms with Crippen molar-refractivity contribution in [3.8, 4) is 23.0 Å². The number of primary amides is 1. The molecule has 0 saturated carbocycles. The van der Waals surface area contributed by atoms with Crippen molar-refractivity contribution >= 4 is 118 Å². The van der Waals surface area contributed by atoms with E-state index in [0.717, 1.165) is 11.8 Å². The van der Waals surface area contributed by atoms with Gasteiger partial charge in [0, 0.05) is 63.6 Å². The first-order valence-electron chi connectivity index (χ1n) is 42.9. The Balaban J connectivity index is 1.29. The number of hydrogen-bond donors (Lipinski definition) is 24. The average Bonchev–Trinajstić information content (AvgIpc) is 1.69. The van der Waals surface area contributed by atoms with Crippen LogP contribution in [0.4, 0.5) is 0 Å². The molecule has 26 N–H and O–H groups in total. The highest BCUT2D eigenvalue weighted by atomic mass is 32.2. The van der Waals surface area contributed by atoms with E-state index in [1.165, 1.54) is 114 Å². The van der Waals surface area contributed by atoms with Gasteiger partial charge in [-0.15, -0.1) is 11.8 Å². The summed E-state index contributed by atoms with van der Waals surface area (Å²) < 4.78 is 0. The van der Waals surface area contributed by atoms with Gasteiger partial charge < -0.3 is 127 Å². The highest BCUT2D eigenvalue weighted by molar-refractivity contribution is 8.00. The van der Waals surface area contributed by atoms with E-state index in [4.69, 9.17) is 16.9 Å². The van der Waals surface area contributed by atoms with Crippen LogP contribution in [0.15, 0.2) is 110 Å². The van der Waals surface area contributed by atoms with E-state index in [0.29, 0.717) is 22.3 Å². The van der Waals surface area contributed by atoms with Crippen LogP contribution in [0.1, 0.15) is 127 Å². The molecule has 13 atom stereocenters. The SMILES string of the molecule is CC[C@H](C)[C@@H]1NC(=O)[C@H](CCCNC(=N)N)NC(=O)[C@H](Cc2ccc(O)cc2)NC(=O)[C@H](Cc2ccc(O)cc2)NC(=O)[C@@H]2CCCN2C(=O)[C@H](Cc2c[nH]cn2)NC(=O)[C@H](Cc2ccc(O)cc2)NC(=O)CSC[C@@H](C(=O)NCC(N)=O)NC(=O)CNC(=O)[C@H](CC(C)C)NC(=O)[C@H](CCC(=O)O)NC(=O)CNC(=O)[C@H](Cc2ccc(O)cc2)NC(=O)[C@H](CC(C)C)NC1=O. The van der Waals surface area contributed by atoms with Gasteiger partial charge in [-0.3, -0.25) is 86.9 Å². The Hall–Kier alpha value is -14.1. The van der Waals surface area contributed by atoms with Gasteiger partial charge in [0.15, 0.2) is 5.96 Å². The van der Waals surface area contributed by atoms with Crippen molar-refractivity contribution in [3.05, 3.63) is 138 Å². The number of rotatable bonds is 26. The number of aromatic amines is 1. The maximum atomic E-state index is 15.4. The summed E-state index contributed by atoms with van der Waals surface area (Å²) in [7, 11) is 0. The van der Waals surface area contributed by atoms with Gasteiger partial charge in [0.05, 0.1) is 37.4 Å². The fourth-order valence-corrected chi connectivity index (χ4v) is 15.1. The molecule has 0 spiro atoms. The first-order chi connectivity index (χ1) is 62.2. The highest BCUT2D eigenvalue weighted by Gasteiger charge is 2.42. The molecular formula is C87H119N21O22S. The number of aromatic nitrogens is 2. The van der Waals surface area contributed by atoms with Crippen molar-refractivity contribution in [1.82, 2.24) is 94.6 Å². The number of aromatic hydroxyl groups is 4. The summed E-state index contributed by atoms with van der Waals surface area (Å²) in [6, 6.07) is 3.49. The number of carbonyl (C=O) groups is 17. The predicted molar refractivity (Wildman–Crippen MR) is 475 cm³/mol. The Kier molecular flexibility index (Phi) is 41.1. The van der Waals surface area contributed by atoms with Crippen LogP contribution in [0.5, 0.6) is 23.0 Å². The van der Waals surface area contributed by atoms with Crippen molar-refractivity contribution in [2.75, 3.05) is 44.2 Å². The molecular weight excluding hydrogens is 1720 g/mol. The number of nitrogens with zero attached hydrogens (tertiary/aromatic N) is 2. The van der Waals surface area contributed by atoms with Crippen molar-refractivity contribution < 1.29 is 107 Å². The number of imidazole rings is 1. The molecule has 43 nitrogen and oxygen atoms in total. The Bertz CT molecular complexity index is 4800. The number of amides is 16. The Morgan fingerprint density at radius 2 is 0.908 bits per heavy atom. The van der Waals surface area contributed by atoms with Crippen molar-refractivity contribution in [2.24, 2.45) is 29.2 Å². The standard InChI is InChI=1S/C87H119N21O22S/c1-7-48(6)74-85(129)105-61(33-47(4)5)80(124)102-62(34-49-12-20-54(109)21-13-49)76(120)95-41-70(114)97-59(28-29-73(117)118)78(122)101-60(32-46(2)3)75(119)94-42-71(115)99-67(77(121)93-40-69(88)113)43-131-44-72(116)98-63(35-50-14-22-55(110)23-15-50)81(125)106-66(38-53-39-91-45-96-53)86(130)108-31-9-11-68(108)84(128)104-65(37-52-18-26-57(112)27-19-52)83(127)103-64(36-51-16-24-56(111)25-17-51)82(126)100-58(79(123)107-74)10-8-30-92-87(89)90/h12-27,39,45-48,58-68,74,109-112H,7-11,28-38,40-44H2,1-6H3,(H2,88,113)(H,91,96)(H,93,121)(H,94,119)(H,95,120)(H,97,114)(H,98,116)(H,99,115)(H,100,126)(H,101,122)(H,102,124)(H,103,127)(H,104,128)(H,105,129)(H,106,125)(H,107,123)(H,117,118)(H4,89,90,92)/t48-,58-,59-,60-,61-,62-,63-,64-,65-,66-,67-,68-,74-/m0/s1. The molecule has 3 heterocycles. The number of carbonyl (C=O) groups excluding carboxylic acids is 16. The molecule has 0 bridgehead atoms. The summed E-state index contributed by atoms with van der Waals surface area (Å²) in [5, 5.41) is 97.5. The zero-order chi connectivity index (χ0) is 96.1. The zero-order valence-electron chi connectivity index (χ0n) is 73.5. The molecule has 2 saturated heterocycles. The lowest BCUT2D eigenvalue weighted by Gasteiger charge is -2.31. The molecule has 710 valence electrons. The lowest BCUT2D eigenvalue weighted by molar-refractivity contribution is -0.142. The third-order valence-electron chi connectivity index (χ3n) is 21.3. The molecule has 5 aromatic rings. The van der Waals surface area contributed by atoms with Gasteiger partial charge >= 0.3 is 5.97 Å². The van der Waals surface area contributed by atoms with Crippen LogP contribution >= 0.6 is 11.8 Å². The number of phenols is 4. The Morgan fingerprint density at radius 3 is 1.38 bits per heavy atom. The van der Waals surface area contributed by atoms with Crippen LogP contribution in [0.25, 0.3) is 0 Å². The number of nitrogens with one attached hydrogen (secondary N) is 17. The van der Waals surface area contributed by atoms with E-state index in [9.17, 15) is 78.3 Å². The molecule has 7 rings (SSSR count). The molecule has 0 radical (unpaired) electrons. The van der Waals surface area contributed by atoms with Gasteiger partial charge in [0.1, 0.15) is 95.5 Å². The molecule has 44 heteroatoms. The minimum Gasteiger partial charge on any atom is -0.508 e. The molecule has 16 amide bonds. The number of carboxylic acids is 1. The van der Waals surface area contributed by atoms with Crippen LogP contribution in [0.2, 0.25) is 0 Å². The number of H-pyrrole nitrogens is 1. The quantitative estimate of drug-likeness (QED) is 0.0148. The minimum absolute atomic E-state index is 0.00339. The van der Waals surface area contributed by atoms with Crippen LogP contribution in [-0.4, -0.2) is 264 Å². The van der Waals surface area contributed by atoms with E-state index in [1.54, 1.807) is 41.5 Å². The number of thioether (sulfide) groups is 1. The monoisotopic (exact) mass is 1840 g/mol. The number of guanidine groups is 1. The van der Waals surface area contributed by atoms with Crippen LogP contribution in [-0.2, 0) is 114 Å². The largest absolute Gasteiger partial charge is 0.508 e. The summed E-state index contributed by atoms with van der Waals surface area (Å²) in [4.78, 5) is 252. The fraction of sp³-hybridized carbons (Fsp3) is 0.483. The fourth-order valence-electron chi connectivity index (χ4n) is 14.3. The van der Waals surface area contributed by atoms with E-state index in [2.05, 4.69) is 89.7 Å². The van der Waals surface area contributed by atoms with Gasteiger partial charge in [-0.1, -0.05) is 96.5 Å². The summed E-state index contributed by atoms with van der Waals surface area (Å²) in [6.07, 6.45) is -0.152. The summed E-state index contributed by atoms with van der Waals surface area (Å²) in [5.41, 5.74) is 12.7. The lowest BCUT2D eigenvalue weighted by atomic mass is 9.95. The molecule has 2 aliphatic heterocycles. The predicted octanol–water partition coefficient (Wildman–Crippen LogP) is -3.08. The smallest absolute Gasteiger partial charge is 0.303 e. The van der Waals surface area contributed by atoms with Crippen LogP contribution < -0.4 is 91.2 Å². The Labute approximate surface area is 759 Å². The highest BCUT2D eigenvalue weighted by Crippen LogP contribution is 2.24. The second-order valence-electron chi connectivity index (χ2n) is 32.9. The van der Waals surface area contributed by atoms with E-state index < -0.39 is 229 Å². The van der Waals surface area contributed by atoms with Crippen molar-refractivity contribution in [1.29, 1.82) is 5.41 Å². The molecule has 2 fully saturated rings. The van der Waals surface area contributed by atoms with Gasteiger partial charge in [0.25, 0.3) is 0 Å². The number of benzene rings is 4. The number of fused-ring (bicyclic) bond motifs is 1. The first kappa shape index (κ1) is 104. The van der Waals surface area contributed by atoms with Crippen LogP contribution in [0.3, 0.4) is 0 Å². The van der Waals surface area contributed by atoms with E-state index in [1.807, 2.05) is 0 Å². The summed E-state index contributed by atoms with van der Waals surface area (Å²) >= 11 is 0.747. The molecule has 2 aliphatic rings. The Morgan fingerprint density at radius 1 is 0.496 bits per heavy atom. The normalized spacial score (nSPS) is 22.8. The maximum absolute atomic E-state index is 15.4. The van der Waals surface area contributed by atoms with E-state index >= 15 is 28.8 Å². The zero-order valence-corrected chi connectivity index (χ0v) is 74.4. The third-order valence-corrected chi connectivity index (χ3v) is 22.4. The summed E-state index contributed by atoms with van der Waals surface area (Å²) in [5.74, 6) is -20.4. The molecule has 131 heavy (non-hydrogen) atoms. The second kappa shape index (κ2) is 51.8. The minimum atomic E-state index is -1.72. The van der Waals surface area contributed by atoms with Gasteiger partial charge in [-0.2, -0.15) is 0 Å². The molecule has 4 aromatic carbocycles. The average molecular weight is 1840 g/mol. The first-order valence-corrected chi connectivity index (χ1v) is 44.1. The van der Waals surface area contributed by atoms with Gasteiger partial charge in [-0.25, -0.2) is 4.98 Å². The number of phenolic OH excluding ortho intramolecular Hbond substituents is 4. The van der Waals surface area contributed by atoms with Crippen molar-refractivity contribution in [3.63, 3.8) is 0 Å². The second-order valence-corrected chi connectivity index (χ2v) is 33.9. The third kappa shape index (κ3) is 35.5. The van der Waals surface area contributed by atoms with Gasteiger partial charge in [0.2, 0.25) is 94.5 Å². The number of aliphatic carboxylic acids is 1. The van der Waals surface area contributed by atoms with E-state index in [-0.39, 0.29) is 131 Å². The maximum Gasteiger partial charge on any atom is 0.303 e.